The summed E-state index contributed by atoms with van der Waals surface area (Å²) < 4.78 is 14.1. The van der Waals surface area contributed by atoms with E-state index < -0.39 is 0 Å². The summed E-state index contributed by atoms with van der Waals surface area (Å²) in [5, 5.41) is 6.33. The first-order chi connectivity index (χ1) is 10.1. The summed E-state index contributed by atoms with van der Waals surface area (Å²) in [6.45, 7) is 3.72. The molecule has 4 nitrogen and oxygen atoms in total. The van der Waals surface area contributed by atoms with Gasteiger partial charge in [0.2, 0.25) is 5.91 Å². The molecule has 0 radical (unpaired) electrons. The first-order valence-electron chi connectivity index (χ1n) is 7.66. The van der Waals surface area contributed by atoms with Crippen LogP contribution in [0.5, 0.6) is 0 Å². The van der Waals surface area contributed by atoms with Crippen LogP contribution in [-0.4, -0.2) is 31.1 Å². The summed E-state index contributed by atoms with van der Waals surface area (Å²) >= 11 is 0. The summed E-state index contributed by atoms with van der Waals surface area (Å²) in [4.78, 5) is 13.3. The van der Waals surface area contributed by atoms with E-state index in [4.69, 9.17) is 0 Å². The van der Waals surface area contributed by atoms with Gasteiger partial charge < -0.3 is 15.5 Å². The van der Waals surface area contributed by atoms with Crippen LogP contribution in [0.3, 0.4) is 0 Å². The largest absolute Gasteiger partial charge is 0.369 e. The van der Waals surface area contributed by atoms with E-state index in [1.54, 1.807) is 6.07 Å². The average molecular weight is 291 g/mol. The Morgan fingerprint density at radius 3 is 2.86 bits per heavy atom. The average Bonchev–Trinajstić information content (AvgIpc) is 3.15. The van der Waals surface area contributed by atoms with Crippen LogP contribution in [0.2, 0.25) is 0 Å². The molecule has 3 rings (SSSR count). The summed E-state index contributed by atoms with van der Waals surface area (Å²) in [6.07, 6.45) is 3.29. The van der Waals surface area contributed by atoms with Crippen molar-refractivity contribution in [3.05, 3.63) is 29.6 Å². The molecule has 1 saturated carbocycles. The summed E-state index contributed by atoms with van der Waals surface area (Å²) in [7, 11) is 0. The number of carbonyl (C=O) groups excluding carboxylic acids is 1. The Bertz CT molecular complexity index is 530. The molecular weight excluding hydrogens is 269 g/mol. The van der Waals surface area contributed by atoms with Gasteiger partial charge >= 0.3 is 0 Å². The zero-order valence-corrected chi connectivity index (χ0v) is 12.4. The smallest absolute Gasteiger partial charge is 0.217 e. The van der Waals surface area contributed by atoms with Crippen molar-refractivity contribution in [3.8, 4) is 0 Å². The van der Waals surface area contributed by atoms with Crippen LogP contribution in [0.4, 0.5) is 10.1 Å². The molecule has 1 amide bonds. The van der Waals surface area contributed by atoms with E-state index in [9.17, 15) is 9.18 Å². The van der Waals surface area contributed by atoms with E-state index in [0.29, 0.717) is 12.6 Å². The number of halogens is 1. The van der Waals surface area contributed by atoms with Crippen LogP contribution in [0.25, 0.3) is 0 Å². The lowest BCUT2D eigenvalue weighted by molar-refractivity contribution is -0.119. The zero-order chi connectivity index (χ0) is 14.8. The lowest BCUT2D eigenvalue weighted by Gasteiger charge is -2.23. The Balaban J connectivity index is 1.71. The normalized spacial score (nSPS) is 21.6. The fraction of sp³-hybridized carbons (Fsp3) is 0.562. The third-order valence-corrected chi connectivity index (χ3v) is 4.18. The number of hydrogen-bond acceptors (Lipinski definition) is 3. The van der Waals surface area contributed by atoms with E-state index in [2.05, 4.69) is 15.5 Å². The van der Waals surface area contributed by atoms with Gasteiger partial charge in [-0.1, -0.05) is 6.07 Å². The zero-order valence-electron chi connectivity index (χ0n) is 12.4. The Labute approximate surface area is 124 Å². The van der Waals surface area contributed by atoms with Crippen LogP contribution >= 0.6 is 0 Å². The van der Waals surface area contributed by atoms with Crippen molar-refractivity contribution >= 4 is 11.6 Å². The number of carbonyl (C=O) groups is 1. The predicted octanol–water partition coefficient (Wildman–Crippen LogP) is 1.79. The fourth-order valence-electron chi connectivity index (χ4n) is 2.94. The van der Waals surface area contributed by atoms with E-state index in [1.165, 1.54) is 25.8 Å². The van der Waals surface area contributed by atoms with E-state index in [0.717, 1.165) is 30.8 Å². The van der Waals surface area contributed by atoms with Crippen molar-refractivity contribution in [2.24, 2.45) is 0 Å². The van der Waals surface area contributed by atoms with Crippen LogP contribution in [0.1, 0.15) is 31.7 Å². The molecule has 114 valence electrons. The molecule has 1 aliphatic heterocycles. The lowest BCUT2D eigenvalue weighted by atomic mass is 10.1. The van der Waals surface area contributed by atoms with Crippen molar-refractivity contribution in [1.82, 2.24) is 10.6 Å². The molecule has 21 heavy (non-hydrogen) atoms. The third-order valence-electron chi connectivity index (χ3n) is 4.18. The summed E-state index contributed by atoms with van der Waals surface area (Å²) in [5.74, 6) is -0.152. The Hall–Kier alpha value is -1.62. The van der Waals surface area contributed by atoms with Crippen molar-refractivity contribution in [2.75, 3.05) is 18.0 Å². The lowest BCUT2D eigenvalue weighted by Crippen LogP contribution is -2.35. The molecule has 1 aromatic carbocycles. The van der Waals surface area contributed by atoms with E-state index in [-0.39, 0.29) is 17.8 Å². The van der Waals surface area contributed by atoms with Gasteiger partial charge in [-0.3, -0.25) is 4.79 Å². The number of anilines is 1. The molecule has 2 aliphatic rings. The highest BCUT2D eigenvalue weighted by Crippen LogP contribution is 2.28. The van der Waals surface area contributed by atoms with Crippen molar-refractivity contribution in [3.63, 3.8) is 0 Å². The van der Waals surface area contributed by atoms with Crippen LogP contribution in [0.15, 0.2) is 18.2 Å². The maximum Gasteiger partial charge on any atom is 0.217 e. The van der Waals surface area contributed by atoms with Crippen molar-refractivity contribution in [2.45, 2.75) is 44.8 Å². The first kappa shape index (κ1) is 14.3. The van der Waals surface area contributed by atoms with Crippen LogP contribution < -0.4 is 15.5 Å². The molecule has 0 bridgehead atoms. The van der Waals surface area contributed by atoms with Gasteiger partial charge in [0, 0.05) is 49.9 Å². The molecule has 0 spiro atoms. The highest BCUT2D eigenvalue weighted by molar-refractivity contribution is 5.73. The van der Waals surface area contributed by atoms with Gasteiger partial charge in [0.25, 0.3) is 0 Å². The topological polar surface area (TPSA) is 44.4 Å². The Morgan fingerprint density at radius 2 is 2.14 bits per heavy atom. The molecule has 1 aromatic rings. The second kappa shape index (κ2) is 6.02. The molecule has 5 heteroatoms. The highest BCUT2D eigenvalue weighted by atomic mass is 19.1. The van der Waals surface area contributed by atoms with Gasteiger partial charge in [-0.05, 0) is 31.4 Å². The van der Waals surface area contributed by atoms with Gasteiger partial charge in [0.05, 0.1) is 0 Å². The second-order valence-electron chi connectivity index (χ2n) is 6.02. The molecule has 1 saturated heterocycles. The van der Waals surface area contributed by atoms with Crippen LogP contribution in [0, 0.1) is 5.82 Å². The van der Waals surface area contributed by atoms with E-state index >= 15 is 0 Å². The SMILES string of the molecule is CC(=O)NC1CCN(c2cccc(F)c2CNC2CC2)C1. The minimum Gasteiger partial charge on any atom is -0.369 e. The fourth-order valence-corrected chi connectivity index (χ4v) is 2.94. The first-order valence-corrected chi connectivity index (χ1v) is 7.66. The van der Waals surface area contributed by atoms with Crippen molar-refractivity contribution < 1.29 is 9.18 Å². The number of benzene rings is 1. The molecule has 1 unspecified atom stereocenters. The predicted molar refractivity (Wildman–Crippen MR) is 80.7 cm³/mol. The maximum absolute atomic E-state index is 14.1. The molecule has 1 heterocycles. The molecule has 2 N–H and O–H groups in total. The molecule has 1 atom stereocenters. The number of nitrogens with one attached hydrogen (secondary N) is 2. The number of nitrogens with zero attached hydrogens (tertiary/aromatic N) is 1. The van der Waals surface area contributed by atoms with Gasteiger partial charge in [-0.15, -0.1) is 0 Å². The number of amides is 1. The molecule has 1 aliphatic carbocycles. The minimum absolute atomic E-state index is 0.00304. The van der Waals surface area contributed by atoms with Crippen molar-refractivity contribution in [1.29, 1.82) is 0 Å². The third kappa shape index (κ3) is 3.53. The minimum atomic E-state index is -0.149. The Kier molecular flexibility index (Phi) is 4.10. The summed E-state index contributed by atoms with van der Waals surface area (Å²) in [5.41, 5.74) is 1.70. The molecular formula is C16H22FN3O. The van der Waals surface area contributed by atoms with Gasteiger partial charge in [-0.2, -0.15) is 0 Å². The second-order valence-corrected chi connectivity index (χ2v) is 6.02. The summed E-state index contributed by atoms with van der Waals surface area (Å²) in [6, 6.07) is 5.98. The quantitative estimate of drug-likeness (QED) is 0.869. The Morgan fingerprint density at radius 1 is 1.33 bits per heavy atom. The number of rotatable bonds is 5. The monoisotopic (exact) mass is 291 g/mol. The van der Waals surface area contributed by atoms with Gasteiger partial charge in [-0.25, -0.2) is 4.39 Å². The highest BCUT2D eigenvalue weighted by Gasteiger charge is 2.26. The van der Waals surface area contributed by atoms with Gasteiger partial charge in [0.1, 0.15) is 5.82 Å². The van der Waals surface area contributed by atoms with Crippen LogP contribution in [-0.2, 0) is 11.3 Å². The van der Waals surface area contributed by atoms with Gasteiger partial charge in [0.15, 0.2) is 0 Å². The maximum atomic E-state index is 14.1. The van der Waals surface area contributed by atoms with E-state index in [1.807, 2.05) is 6.07 Å². The molecule has 0 aromatic heterocycles. The standard InChI is InChI=1S/C16H22FN3O/c1-11(21)19-13-7-8-20(10-13)16-4-2-3-15(17)14(16)9-18-12-5-6-12/h2-4,12-13,18H,5-10H2,1H3,(H,19,21). The molecule has 2 fully saturated rings. The number of hydrogen-bond donors (Lipinski definition) is 2.